The first-order valence-corrected chi connectivity index (χ1v) is 9.35. The van der Waals surface area contributed by atoms with E-state index in [9.17, 15) is 13.2 Å². The van der Waals surface area contributed by atoms with Crippen molar-refractivity contribution in [1.82, 2.24) is 14.9 Å². The van der Waals surface area contributed by atoms with Gasteiger partial charge >= 0.3 is 0 Å². The van der Waals surface area contributed by atoms with Gasteiger partial charge in [0.25, 0.3) is 0 Å². The number of nitrogens with zero attached hydrogens (tertiary/aromatic N) is 3. The Labute approximate surface area is 155 Å². The summed E-state index contributed by atoms with van der Waals surface area (Å²) in [6, 6.07) is 12.9. The second-order valence-electron chi connectivity index (χ2n) is 5.65. The number of nitrogens with one attached hydrogen (secondary N) is 1. The maximum atomic E-state index is 11.9. The lowest BCUT2D eigenvalue weighted by molar-refractivity contribution is 0.100. The summed E-state index contributed by atoms with van der Waals surface area (Å²) in [7, 11) is -2.22. The zero-order chi connectivity index (χ0) is 19.6. The first kappa shape index (κ1) is 18.5. The molecule has 0 atom stereocenters. The molecule has 0 amide bonds. The number of ether oxygens (including phenoxy) is 1. The van der Waals surface area contributed by atoms with Gasteiger partial charge in [0, 0.05) is 12.5 Å². The predicted octanol–water partition coefficient (Wildman–Crippen LogP) is 1.68. The number of benzene rings is 2. The highest BCUT2D eigenvalue weighted by atomic mass is 32.2. The van der Waals surface area contributed by atoms with Crippen molar-refractivity contribution in [1.29, 1.82) is 0 Å². The molecule has 0 saturated heterocycles. The Morgan fingerprint density at radius 2 is 1.70 bits per heavy atom. The molecule has 0 unspecified atom stereocenters. The molecule has 140 valence electrons. The first-order valence-electron chi connectivity index (χ1n) is 7.80. The van der Waals surface area contributed by atoms with E-state index >= 15 is 0 Å². The first-order chi connectivity index (χ1) is 12.8. The fourth-order valence-corrected chi connectivity index (χ4v) is 2.91. The summed E-state index contributed by atoms with van der Waals surface area (Å²) in [4.78, 5) is 11.9. The average molecular weight is 387 g/mol. The Kier molecular flexibility index (Phi) is 4.93. The summed E-state index contributed by atoms with van der Waals surface area (Å²) in [6.45, 7) is 1.38. The number of methoxy groups -OCH3 is 1. The highest BCUT2D eigenvalue weighted by Crippen LogP contribution is 2.23. The van der Waals surface area contributed by atoms with Gasteiger partial charge in [0.15, 0.2) is 11.6 Å². The monoisotopic (exact) mass is 387 g/mol. The second-order valence-corrected chi connectivity index (χ2v) is 7.21. The van der Waals surface area contributed by atoms with E-state index in [1.54, 1.807) is 31.4 Å². The molecule has 0 spiro atoms. The molecule has 0 aliphatic heterocycles. The Morgan fingerprint density at radius 1 is 1.07 bits per heavy atom. The van der Waals surface area contributed by atoms with Gasteiger partial charge in [0.1, 0.15) is 5.75 Å². The third kappa shape index (κ3) is 3.96. The van der Waals surface area contributed by atoms with Gasteiger partial charge in [-0.1, -0.05) is 0 Å². The zero-order valence-corrected chi connectivity index (χ0v) is 15.4. The molecule has 27 heavy (non-hydrogen) atoms. The number of aromatic nitrogens is 3. The molecule has 3 N–H and O–H groups in total. The quantitative estimate of drug-likeness (QED) is 0.616. The molecule has 0 radical (unpaired) electrons. The van der Waals surface area contributed by atoms with Crippen LogP contribution in [-0.2, 0) is 10.0 Å². The van der Waals surface area contributed by atoms with Crippen LogP contribution in [0.3, 0.4) is 0 Å². The van der Waals surface area contributed by atoms with E-state index in [0.29, 0.717) is 22.8 Å². The highest BCUT2D eigenvalue weighted by Gasteiger charge is 2.18. The largest absolute Gasteiger partial charge is 0.497 e. The van der Waals surface area contributed by atoms with Crippen LogP contribution in [0.25, 0.3) is 11.4 Å². The van der Waals surface area contributed by atoms with Crippen molar-refractivity contribution >= 4 is 21.5 Å². The summed E-state index contributed by atoms with van der Waals surface area (Å²) in [5.74, 6) is 0.925. The molecule has 10 heteroatoms. The van der Waals surface area contributed by atoms with E-state index in [0.717, 1.165) is 0 Å². The van der Waals surface area contributed by atoms with E-state index in [2.05, 4.69) is 15.6 Å². The van der Waals surface area contributed by atoms with Crippen molar-refractivity contribution in [2.75, 3.05) is 12.5 Å². The molecular weight excluding hydrogens is 370 g/mol. The summed E-state index contributed by atoms with van der Waals surface area (Å²) >= 11 is 0. The van der Waals surface area contributed by atoms with Gasteiger partial charge in [-0.3, -0.25) is 10.2 Å². The molecule has 3 aromatic rings. The SMILES string of the molecule is COc1ccc(-c2nnc(C(C)=O)n2Nc2ccc(S(N)(=O)=O)cc2)cc1. The molecule has 1 heterocycles. The number of Topliss-reactive ketones (excluding diaryl/α,β-unsaturated/α-hetero) is 1. The fraction of sp³-hybridized carbons (Fsp3) is 0.118. The minimum absolute atomic E-state index is 0.0148. The lowest BCUT2D eigenvalue weighted by Gasteiger charge is -2.12. The van der Waals surface area contributed by atoms with Crippen LogP contribution in [0.15, 0.2) is 53.4 Å². The number of ketones is 1. The molecule has 3 rings (SSSR count). The summed E-state index contributed by atoms with van der Waals surface area (Å²) < 4.78 is 29.3. The van der Waals surface area contributed by atoms with E-state index in [4.69, 9.17) is 9.88 Å². The maximum absolute atomic E-state index is 11.9. The van der Waals surface area contributed by atoms with Crippen molar-refractivity contribution in [3.63, 3.8) is 0 Å². The van der Waals surface area contributed by atoms with Gasteiger partial charge < -0.3 is 4.74 Å². The van der Waals surface area contributed by atoms with Crippen LogP contribution in [0, 0.1) is 0 Å². The molecule has 1 aromatic heterocycles. The minimum Gasteiger partial charge on any atom is -0.497 e. The Balaban J connectivity index is 2.00. The smallest absolute Gasteiger partial charge is 0.238 e. The van der Waals surface area contributed by atoms with Gasteiger partial charge in [-0.15, -0.1) is 10.2 Å². The maximum Gasteiger partial charge on any atom is 0.238 e. The number of anilines is 1. The van der Waals surface area contributed by atoms with Crippen LogP contribution in [0.1, 0.15) is 17.5 Å². The number of hydrogen-bond donors (Lipinski definition) is 2. The number of hydrogen-bond acceptors (Lipinski definition) is 7. The second kappa shape index (κ2) is 7.17. The Hall–Kier alpha value is -3.24. The van der Waals surface area contributed by atoms with E-state index in [1.807, 2.05) is 0 Å². The average Bonchev–Trinajstić information content (AvgIpc) is 3.05. The zero-order valence-electron chi connectivity index (χ0n) is 14.6. The van der Waals surface area contributed by atoms with E-state index < -0.39 is 10.0 Å². The molecule has 0 aliphatic rings. The standard InChI is InChI=1S/C17H17N5O4S/c1-11(23)16-19-20-17(12-3-7-14(26-2)8-4-12)22(16)21-13-5-9-15(10-6-13)27(18,24)25/h3-10,21H,1-2H3,(H2,18,24,25). The van der Waals surface area contributed by atoms with Crippen LogP contribution in [0.2, 0.25) is 0 Å². The number of primary sulfonamides is 1. The number of carbonyl (C=O) groups is 1. The molecule has 0 bridgehead atoms. The molecule has 0 aliphatic carbocycles. The van der Waals surface area contributed by atoms with Crippen LogP contribution >= 0.6 is 0 Å². The molecule has 0 fully saturated rings. The van der Waals surface area contributed by atoms with Crippen molar-refractivity contribution < 1.29 is 17.9 Å². The molecular formula is C17H17N5O4S. The summed E-state index contributed by atoms with van der Waals surface area (Å²) in [5, 5.41) is 13.1. The summed E-state index contributed by atoms with van der Waals surface area (Å²) in [5.41, 5.74) is 4.25. The van der Waals surface area contributed by atoms with Gasteiger partial charge in [0.2, 0.25) is 15.8 Å². The van der Waals surface area contributed by atoms with Gasteiger partial charge in [-0.05, 0) is 48.5 Å². The van der Waals surface area contributed by atoms with Crippen molar-refractivity contribution in [3.8, 4) is 17.1 Å². The third-order valence-electron chi connectivity index (χ3n) is 3.75. The highest BCUT2D eigenvalue weighted by molar-refractivity contribution is 7.89. The van der Waals surface area contributed by atoms with Crippen LogP contribution in [0.5, 0.6) is 5.75 Å². The van der Waals surface area contributed by atoms with Gasteiger partial charge in [0.05, 0.1) is 17.7 Å². The molecule has 0 saturated carbocycles. The summed E-state index contributed by atoms with van der Waals surface area (Å²) in [6.07, 6.45) is 0. The lowest BCUT2D eigenvalue weighted by Crippen LogP contribution is -2.17. The topological polar surface area (TPSA) is 129 Å². The molecule has 2 aromatic carbocycles. The van der Waals surface area contributed by atoms with Crippen molar-refractivity contribution in [2.45, 2.75) is 11.8 Å². The number of nitrogens with two attached hydrogens (primary N) is 1. The van der Waals surface area contributed by atoms with Gasteiger partial charge in [-0.25, -0.2) is 18.2 Å². The normalized spacial score (nSPS) is 11.2. The Bertz CT molecular complexity index is 1070. The van der Waals surface area contributed by atoms with Gasteiger partial charge in [-0.2, -0.15) is 0 Å². The van der Waals surface area contributed by atoms with Crippen molar-refractivity contribution in [2.24, 2.45) is 5.14 Å². The predicted molar refractivity (Wildman–Crippen MR) is 98.9 cm³/mol. The lowest BCUT2D eigenvalue weighted by atomic mass is 10.2. The number of rotatable bonds is 6. The number of sulfonamides is 1. The number of carbonyl (C=O) groups excluding carboxylic acids is 1. The Morgan fingerprint density at radius 3 is 2.22 bits per heavy atom. The third-order valence-corrected chi connectivity index (χ3v) is 4.68. The van der Waals surface area contributed by atoms with Crippen LogP contribution in [-0.4, -0.2) is 36.2 Å². The fourth-order valence-electron chi connectivity index (χ4n) is 2.39. The molecule has 9 nitrogen and oxygen atoms in total. The van der Waals surface area contributed by atoms with E-state index in [-0.39, 0.29) is 16.5 Å². The van der Waals surface area contributed by atoms with Crippen LogP contribution in [0.4, 0.5) is 5.69 Å². The van der Waals surface area contributed by atoms with E-state index in [1.165, 1.54) is 35.9 Å². The van der Waals surface area contributed by atoms with Crippen LogP contribution < -0.4 is 15.3 Å². The van der Waals surface area contributed by atoms with Crippen molar-refractivity contribution in [3.05, 3.63) is 54.4 Å². The minimum atomic E-state index is -3.79.